The van der Waals surface area contributed by atoms with E-state index in [4.69, 9.17) is 28.4 Å². The normalized spacial score (nSPS) is 41.7. The summed E-state index contributed by atoms with van der Waals surface area (Å²) >= 11 is 0. The maximum Gasteiger partial charge on any atom is 0.364 e. The van der Waals surface area contributed by atoms with Gasteiger partial charge in [0.15, 0.2) is 0 Å². The van der Waals surface area contributed by atoms with E-state index in [0.29, 0.717) is 0 Å². The first-order chi connectivity index (χ1) is 22.8. The van der Waals surface area contributed by atoms with Crippen molar-refractivity contribution in [2.45, 2.75) is 110 Å². The fourth-order valence-electron chi connectivity index (χ4n) is 5.68. The van der Waals surface area contributed by atoms with Gasteiger partial charge in [0.25, 0.3) is 17.4 Å². The number of carboxylic acid groups (broad SMARTS) is 3. The average Bonchev–Trinajstić information content (AvgIpc) is 3.05. The lowest BCUT2D eigenvalue weighted by molar-refractivity contribution is -0.375. The van der Waals surface area contributed by atoms with Gasteiger partial charge in [-0.1, -0.05) is 6.08 Å². The highest BCUT2D eigenvalue weighted by Crippen LogP contribution is 2.41. The largest absolute Gasteiger partial charge is 0.477 e. The van der Waals surface area contributed by atoms with Crippen molar-refractivity contribution in [2.24, 2.45) is 0 Å². The van der Waals surface area contributed by atoms with E-state index in [1.54, 1.807) is 0 Å². The molecule has 49 heavy (non-hydrogen) atoms. The zero-order valence-corrected chi connectivity index (χ0v) is 25.7. The average molecular weight is 719 g/mol. The molecule has 0 aromatic carbocycles. The van der Waals surface area contributed by atoms with Gasteiger partial charge in [-0.25, -0.2) is 14.4 Å². The number of carbonyl (C=O) groups is 3. The van der Waals surface area contributed by atoms with Crippen molar-refractivity contribution in [1.29, 1.82) is 0 Å². The highest BCUT2D eigenvalue weighted by Gasteiger charge is 2.61. The monoisotopic (exact) mass is 718 g/mol. The predicted molar refractivity (Wildman–Crippen MR) is 149 cm³/mol. The molecule has 13 N–H and O–H groups in total. The van der Waals surface area contributed by atoms with Gasteiger partial charge in [-0.05, 0) is 0 Å². The summed E-state index contributed by atoms with van der Waals surface area (Å²) in [6, 6.07) is 0. The van der Waals surface area contributed by atoms with E-state index in [1.807, 2.05) is 0 Å². The van der Waals surface area contributed by atoms with Gasteiger partial charge in [0.2, 0.25) is 0 Å². The minimum absolute atomic E-state index is 0.546. The minimum Gasteiger partial charge on any atom is -0.477 e. The molecule has 0 bridgehead atoms. The van der Waals surface area contributed by atoms with Crippen LogP contribution in [0.15, 0.2) is 12.7 Å². The number of aliphatic hydroxyl groups is 10. The Bertz CT molecular complexity index is 1170. The molecule has 3 heterocycles. The summed E-state index contributed by atoms with van der Waals surface area (Å²) in [6.07, 6.45) is -26.3. The smallest absolute Gasteiger partial charge is 0.364 e. The van der Waals surface area contributed by atoms with Crippen LogP contribution >= 0.6 is 0 Å². The molecule has 0 aromatic heterocycles. The van der Waals surface area contributed by atoms with Crippen molar-refractivity contribution in [3.63, 3.8) is 0 Å². The first-order valence-electron chi connectivity index (χ1n) is 14.8. The third-order valence-corrected chi connectivity index (χ3v) is 8.34. The Kier molecular flexibility index (Phi) is 13.6. The maximum absolute atomic E-state index is 12.5. The number of ether oxygens (including phenoxy) is 6. The molecular weight excluding hydrogens is 676 g/mol. The Morgan fingerprint density at radius 3 is 1.51 bits per heavy atom. The lowest BCUT2D eigenvalue weighted by Crippen LogP contribution is -2.68. The Morgan fingerprint density at radius 1 is 0.673 bits per heavy atom. The van der Waals surface area contributed by atoms with Gasteiger partial charge in [-0.2, -0.15) is 0 Å². The van der Waals surface area contributed by atoms with E-state index in [9.17, 15) is 80.8 Å². The van der Waals surface area contributed by atoms with Crippen LogP contribution in [-0.4, -0.2) is 201 Å². The van der Waals surface area contributed by atoms with E-state index < -0.39 is 154 Å². The second-order valence-corrected chi connectivity index (χ2v) is 11.8. The van der Waals surface area contributed by atoms with Crippen molar-refractivity contribution in [3.8, 4) is 0 Å². The van der Waals surface area contributed by atoms with Gasteiger partial charge < -0.3 is 94.8 Å². The zero-order valence-electron chi connectivity index (χ0n) is 25.7. The Morgan fingerprint density at radius 2 is 1.08 bits per heavy atom. The van der Waals surface area contributed by atoms with Crippen molar-refractivity contribution in [1.82, 2.24) is 0 Å². The summed E-state index contributed by atoms with van der Waals surface area (Å²) in [4.78, 5) is 37.3. The van der Waals surface area contributed by atoms with Crippen LogP contribution in [0.4, 0.5) is 0 Å². The molecule has 3 rings (SSSR count). The van der Waals surface area contributed by atoms with Crippen LogP contribution in [0, 0.1) is 0 Å². The zero-order chi connectivity index (χ0) is 37.1. The summed E-state index contributed by atoms with van der Waals surface area (Å²) in [7, 11) is 0. The van der Waals surface area contributed by atoms with Crippen LogP contribution in [-0.2, 0) is 42.8 Å². The molecule has 22 nitrogen and oxygen atoms in total. The fraction of sp³-hybridized carbons (Fsp3) is 0.815. The van der Waals surface area contributed by atoms with Crippen LogP contribution in [0.25, 0.3) is 0 Å². The van der Waals surface area contributed by atoms with E-state index in [-0.39, 0.29) is 0 Å². The van der Waals surface area contributed by atoms with Gasteiger partial charge >= 0.3 is 17.9 Å². The van der Waals surface area contributed by atoms with Crippen molar-refractivity contribution in [3.05, 3.63) is 12.7 Å². The van der Waals surface area contributed by atoms with Crippen molar-refractivity contribution in [2.75, 3.05) is 26.4 Å². The van der Waals surface area contributed by atoms with Crippen LogP contribution in [0.2, 0.25) is 0 Å². The summed E-state index contributed by atoms with van der Waals surface area (Å²) in [5.41, 5.74) is 0. The summed E-state index contributed by atoms with van der Waals surface area (Å²) in [5, 5.41) is 132. The standard InChI is InChI=1S/C27H42O22/c1-2-3-44-26(23(40)41)6-15(46-27(24(42)43)5-11(31)17(36)20(49-27)13(33)8-29)18(37)21(48-26)14(34)9-45-25(22(38)39)4-10(30)16(35)19(47-25)12(32)7-28/h2,10-21,28-37H,1,3-9H2,(H,38,39)(H,40,41)(H,42,43)/t10-,11-,12-,13-,14?,15-,16-,17-,18-,19-,20-,21-,25-,26-,27-/m1/s1. The van der Waals surface area contributed by atoms with E-state index in [1.165, 1.54) is 0 Å². The van der Waals surface area contributed by atoms with E-state index in [0.717, 1.165) is 6.08 Å². The maximum atomic E-state index is 12.5. The summed E-state index contributed by atoms with van der Waals surface area (Å²) in [5.74, 6) is -14.7. The number of rotatable bonds is 16. The quantitative estimate of drug-likeness (QED) is 0.0659. The molecule has 3 aliphatic rings. The molecule has 3 aliphatic heterocycles. The molecule has 1 unspecified atom stereocenters. The summed E-state index contributed by atoms with van der Waals surface area (Å²) < 4.78 is 32.1. The SMILES string of the molecule is C=CCO[C@]1(C(=O)O)C[C@@H](O[C@]2(C(=O)O)C[C@@H](O)[C@@H](O)[C@@H]([C@H](O)CO)O2)[C@@H](O)[C@@H](C(O)CO[C@]2(C(=O)O)C[C@@H](O)[C@@H](O)[C@@H]([C@H](O)CO)O2)O1. The molecule has 0 saturated carbocycles. The second-order valence-electron chi connectivity index (χ2n) is 11.8. The van der Waals surface area contributed by atoms with Crippen LogP contribution < -0.4 is 0 Å². The van der Waals surface area contributed by atoms with Gasteiger partial charge in [-0.3, -0.25) is 0 Å². The van der Waals surface area contributed by atoms with E-state index >= 15 is 0 Å². The fourth-order valence-corrected chi connectivity index (χ4v) is 5.68. The molecule has 0 radical (unpaired) electrons. The number of hydrogen-bond donors (Lipinski definition) is 13. The third-order valence-electron chi connectivity index (χ3n) is 8.34. The predicted octanol–water partition coefficient (Wildman–Crippen LogP) is -6.83. The first-order valence-corrected chi connectivity index (χ1v) is 14.8. The lowest BCUT2D eigenvalue weighted by Gasteiger charge is -2.49. The van der Waals surface area contributed by atoms with Crippen LogP contribution in [0.5, 0.6) is 0 Å². The van der Waals surface area contributed by atoms with Gasteiger partial charge in [-0.15, -0.1) is 6.58 Å². The van der Waals surface area contributed by atoms with Crippen LogP contribution in [0.1, 0.15) is 19.3 Å². The Hall–Kier alpha value is -2.49. The highest BCUT2D eigenvalue weighted by atomic mass is 16.8. The first kappa shape index (κ1) is 40.9. The molecule has 0 spiro atoms. The topological polar surface area (TPSA) is 370 Å². The number of carboxylic acids is 3. The minimum atomic E-state index is -3.04. The van der Waals surface area contributed by atoms with Gasteiger partial charge in [0, 0.05) is 19.3 Å². The Labute approximate surface area is 276 Å². The molecule has 0 aliphatic carbocycles. The summed E-state index contributed by atoms with van der Waals surface area (Å²) in [6.45, 7) is -0.509. The number of aliphatic carboxylic acids is 3. The highest BCUT2D eigenvalue weighted by molar-refractivity contribution is 5.77. The Balaban J connectivity index is 1.98. The molecule has 22 heteroatoms. The molecule has 0 amide bonds. The van der Waals surface area contributed by atoms with Gasteiger partial charge in [0.1, 0.15) is 54.9 Å². The molecule has 282 valence electrons. The van der Waals surface area contributed by atoms with E-state index in [2.05, 4.69) is 6.58 Å². The molecule has 15 atom stereocenters. The molecule has 3 fully saturated rings. The molecule has 3 saturated heterocycles. The number of aliphatic hydroxyl groups excluding tert-OH is 10. The molecular formula is C27H42O22. The number of hydrogen-bond acceptors (Lipinski definition) is 19. The molecule has 0 aromatic rings. The van der Waals surface area contributed by atoms with Crippen LogP contribution in [0.3, 0.4) is 0 Å². The van der Waals surface area contributed by atoms with Crippen molar-refractivity contribution < 1.29 is 109 Å². The lowest BCUT2D eigenvalue weighted by atomic mass is 9.89. The second kappa shape index (κ2) is 16.2. The third kappa shape index (κ3) is 8.36. The van der Waals surface area contributed by atoms with Crippen molar-refractivity contribution >= 4 is 17.9 Å². The van der Waals surface area contributed by atoms with Gasteiger partial charge in [0.05, 0.1) is 44.7 Å².